The van der Waals surface area contributed by atoms with E-state index in [1.807, 2.05) is 18.7 Å². The average molecular weight is 1130 g/mol. The van der Waals surface area contributed by atoms with E-state index in [9.17, 15) is 53.1 Å². The summed E-state index contributed by atoms with van der Waals surface area (Å²) in [7, 11) is 1.81. The van der Waals surface area contributed by atoms with Gasteiger partial charge in [0.2, 0.25) is 53.2 Å². The summed E-state index contributed by atoms with van der Waals surface area (Å²) in [6.45, 7) is 29.3. The first kappa shape index (κ1) is 72.6. The first-order valence-electron chi connectivity index (χ1n) is 29.3. The highest BCUT2D eigenvalue weighted by molar-refractivity contribution is 6.01. The molecule has 1 saturated heterocycles. The molecule has 8 atom stereocenters. The fourth-order valence-electron chi connectivity index (χ4n) is 9.18. The summed E-state index contributed by atoms with van der Waals surface area (Å²) >= 11 is 0. The van der Waals surface area contributed by atoms with Crippen LogP contribution < -0.4 is 42.5 Å². The van der Waals surface area contributed by atoms with Crippen LogP contribution in [0.3, 0.4) is 0 Å². The second-order valence-corrected chi connectivity index (χ2v) is 24.9. The Labute approximate surface area is 479 Å². The van der Waals surface area contributed by atoms with Crippen molar-refractivity contribution in [2.24, 2.45) is 23.7 Å². The zero-order valence-electron chi connectivity index (χ0n) is 52.1. The van der Waals surface area contributed by atoms with E-state index in [0.29, 0.717) is 45.3 Å². The minimum absolute atomic E-state index is 0.0382. The number of likely N-dealkylation sites (tertiary alicyclic amines) is 1. The van der Waals surface area contributed by atoms with Crippen molar-refractivity contribution in [3.05, 3.63) is 12.2 Å². The number of rotatable bonds is 36. The molecule has 0 saturated carbocycles. The molecule has 0 bridgehead atoms. The molecule has 1 aliphatic heterocycles. The summed E-state index contributed by atoms with van der Waals surface area (Å²) < 4.78 is 0. The molecule has 0 radical (unpaired) electrons. The first-order chi connectivity index (χ1) is 37.0. The van der Waals surface area contributed by atoms with Gasteiger partial charge in [-0.3, -0.25) is 47.9 Å². The van der Waals surface area contributed by atoms with E-state index in [-0.39, 0.29) is 43.1 Å². The van der Waals surface area contributed by atoms with Crippen molar-refractivity contribution in [1.82, 2.24) is 52.3 Å². The molecule has 0 spiro atoms. The number of nitrogens with one attached hydrogen (secondary N) is 8. The van der Waals surface area contributed by atoms with Crippen molar-refractivity contribution in [2.45, 2.75) is 247 Å². The smallest absolute Gasteiger partial charge is 0.246 e. The predicted octanol–water partition coefficient (Wildman–Crippen LogP) is 4.09. The number of hydrogen-bond acceptors (Lipinski definition) is 12. The lowest BCUT2D eigenvalue weighted by molar-refractivity contribution is -0.143. The summed E-state index contributed by atoms with van der Waals surface area (Å²) in [4.78, 5) is 141. The van der Waals surface area contributed by atoms with E-state index >= 15 is 0 Å². The molecule has 1 fully saturated rings. The fraction of sp³-hybridized carbons (Fsp3) is 0.797. The third kappa shape index (κ3) is 23.6. The van der Waals surface area contributed by atoms with Crippen molar-refractivity contribution in [3.63, 3.8) is 0 Å². The van der Waals surface area contributed by atoms with Gasteiger partial charge < -0.3 is 57.4 Å². The zero-order valence-corrected chi connectivity index (χ0v) is 52.1. The highest BCUT2D eigenvalue weighted by Crippen LogP contribution is 2.24. The second kappa shape index (κ2) is 33.5. The Kier molecular flexibility index (Phi) is 30.4. The van der Waals surface area contributed by atoms with Gasteiger partial charge in [0.1, 0.15) is 46.3 Å². The Morgan fingerprint density at radius 1 is 0.613 bits per heavy atom. The molecule has 1 aliphatic rings. The number of carbonyl (C=O) groups excluding carboxylic acids is 10. The minimum Gasteiger partial charge on any atom is -0.395 e. The molecule has 21 nitrogen and oxygen atoms in total. The van der Waals surface area contributed by atoms with E-state index in [0.717, 1.165) is 25.7 Å². The van der Waals surface area contributed by atoms with Gasteiger partial charge in [-0.1, -0.05) is 106 Å². The topological polar surface area (TPSA) is 294 Å². The van der Waals surface area contributed by atoms with Gasteiger partial charge in [-0.2, -0.15) is 0 Å². The molecule has 9 N–H and O–H groups in total. The van der Waals surface area contributed by atoms with Crippen LogP contribution in [-0.4, -0.2) is 160 Å². The number of nitrogens with zero attached hydrogens (tertiary/aromatic N) is 2. The Bertz CT molecular complexity index is 2120. The van der Waals surface area contributed by atoms with Crippen LogP contribution in [0.15, 0.2) is 12.2 Å². The maximum absolute atomic E-state index is 14.3. The molecule has 9 amide bonds. The summed E-state index contributed by atoms with van der Waals surface area (Å²) in [5, 5.41) is 31.4. The lowest BCUT2D eigenvalue weighted by Crippen LogP contribution is -2.67. The van der Waals surface area contributed by atoms with Gasteiger partial charge in [0.05, 0.1) is 6.61 Å². The molecule has 0 aromatic carbocycles. The number of allylic oxidation sites excluding steroid dienone is 2. The van der Waals surface area contributed by atoms with Crippen molar-refractivity contribution >= 4 is 58.9 Å². The van der Waals surface area contributed by atoms with Crippen LogP contribution in [0, 0.1) is 23.7 Å². The zero-order chi connectivity index (χ0) is 61.5. The number of hydrogen-bond donors (Lipinski definition) is 9. The lowest BCUT2D eigenvalue weighted by Gasteiger charge is -2.36. The monoisotopic (exact) mass is 1130 g/mol. The minimum atomic E-state index is -1.68. The normalized spacial score (nSPS) is 16.9. The van der Waals surface area contributed by atoms with Crippen LogP contribution in [0.1, 0.15) is 195 Å². The van der Waals surface area contributed by atoms with Crippen LogP contribution in [0.25, 0.3) is 0 Å². The van der Waals surface area contributed by atoms with E-state index in [1.165, 1.54) is 74.3 Å². The second-order valence-electron chi connectivity index (χ2n) is 24.9. The van der Waals surface area contributed by atoms with Gasteiger partial charge in [0.15, 0.2) is 5.78 Å². The number of likely N-dealkylation sites (N-methyl/N-ethyl adjacent to an activating group) is 1. The maximum Gasteiger partial charge on any atom is 0.246 e. The predicted molar refractivity (Wildman–Crippen MR) is 311 cm³/mol. The van der Waals surface area contributed by atoms with Gasteiger partial charge in [0, 0.05) is 38.0 Å². The number of ketones is 1. The van der Waals surface area contributed by atoms with Crippen molar-refractivity contribution < 1.29 is 53.1 Å². The number of unbranched alkanes of at least 4 members (excludes halogenated alkanes) is 5. The summed E-state index contributed by atoms with van der Waals surface area (Å²) in [5.41, 5.74) is -6.32. The standard InChI is InChI=1S/C59H106N10O11/c1-19-22-23-24-25-26-29-40(8)51(76)69-33-28-32-43(69)47(72)62-46(39(7)30-27-31-42(71)21-3)50(75)65-59(16,17)55(80)67-57(12,13)53(78)63-45(38(6)20-2)48(73)61-44(37(4)5)49(74)64-58(14,15)54(79)66-56(10,11)52(77)60-41(9)36-68(18)34-35-70/h27,31,37-41,43-46,70H,19-26,28-30,32-36H2,1-18H3,(H,60,77)(H,61,73)(H,62,72)(H,63,78)(H,64,74)(H,65,75)(H,66,79)(H,67,80). The van der Waals surface area contributed by atoms with Crippen LogP contribution in [-0.2, 0) is 47.9 Å². The Morgan fingerprint density at radius 2 is 1.11 bits per heavy atom. The molecule has 0 aromatic rings. The van der Waals surface area contributed by atoms with Crippen LogP contribution in [0.2, 0.25) is 0 Å². The highest BCUT2D eigenvalue weighted by atomic mass is 16.3. The Hall–Kier alpha value is -5.44. The van der Waals surface area contributed by atoms with Gasteiger partial charge >= 0.3 is 0 Å². The first-order valence-corrected chi connectivity index (χ1v) is 29.3. The number of carbonyl (C=O) groups is 10. The maximum atomic E-state index is 14.3. The van der Waals surface area contributed by atoms with Gasteiger partial charge in [-0.05, 0) is 119 Å². The van der Waals surface area contributed by atoms with E-state index in [2.05, 4.69) is 49.5 Å². The van der Waals surface area contributed by atoms with Gasteiger partial charge in [-0.25, -0.2) is 0 Å². The molecule has 1 heterocycles. The Balaban J connectivity index is 3.26. The van der Waals surface area contributed by atoms with Crippen molar-refractivity contribution in [1.29, 1.82) is 0 Å². The van der Waals surface area contributed by atoms with Gasteiger partial charge in [-0.15, -0.1) is 0 Å². The molecule has 21 heteroatoms. The molecular formula is C59H106N10O11. The van der Waals surface area contributed by atoms with Crippen LogP contribution >= 0.6 is 0 Å². The molecule has 80 heavy (non-hydrogen) atoms. The van der Waals surface area contributed by atoms with E-state index in [4.69, 9.17) is 0 Å². The lowest BCUT2D eigenvalue weighted by atomic mass is 9.93. The van der Waals surface area contributed by atoms with Crippen LogP contribution in [0.4, 0.5) is 0 Å². The third-order valence-corrected chi connectivity index (χ3v) is 15.0. The number of amides is 9. The number of aliphatic hydroxyl groups is 1. The molecule has 8 unspecified atom stereocenters. The average Bonchev–Trinajstić information content (AvgIpc) is 3.86. The quantitative estimate of drug-likeness (QED) is 0.0317. The largest absolute Gasteiger partial charge is 0.395 e. The molecule has 1 rings (SSSR count). The summed E-state index contributed by atoms with van der Waals surface area (Å²) in [5.74, 6) is -7.27. The van der Waals surface area contributed by atoms with Crippen molar-refractivity contribution in [2.75, 3.05) is 33.3 Å². The molecule has 0 aromatic heterocycles. The third-order valence-electron chi connectivity index (χ3n) is 15.0. The number of aliphatic hydroxyl groups excluding tert-OH is 1. The van der Waals surface area contributed by atoms with E-state index < -0.39 is 111 Å². The fourth-order valence-corrected chi connectivity index (χ4v) is 9.18. The van der Waals surface area contributed by atoms with E-state index in [1.54, 1.807) is 59.6 Å². The summed E-state index contributed by atoms with van der Waals surface area (Å²) in [6.07, 6.45) is 12.3. The molecular weight excluding hydrogens is 1020 g/mol. The molecule has 0 aliphatic carbocycles. The van der Waals surface area contributed by atoms with Crippen molar-refractivity contribution in [3.8, 4) is 0 Å². The van der Waals surface area contributed by atoms with Gasteiger partial charge in [0.25, 0.3) is 0 Å². The highest BCUT2D eigenvalue weighted by Gasteiger charge is 2.44. The SMILES string of the molecule is CCCCCCCCC(C)C(=O)N1CCCC1C(=O)NC(C(=O)NC(C)(C)C(=O)NC(C)(C)C(=O)NC(C(=O)NC(C(=O)NC(C)(C)C(=O)NC(C)(C)C(=O)NC(C)CN(C)CCO)C(C)C)C(C)CC)C(C)CC=CC(=O)CC. The van der Waals surface area contributed by atoms with Crippen LogP contribution in [0.5, 0.6) is 0 Å². The molecule has 458 valence electrons. The summed E-state index contributed by atoms with van der Waals surface area (Å²) in [6, 6.07) is -4.68. The Morgan fingerprint density at radius 3 is 1.62 bits per heavy atom.